The van der Waals surface area contributed by atoms with Gasteiger partial charge in [0.1, 0.15) is 24.2 Å². The van der Waals surface area contributed by atoms with Gasteiger partial charge in [0.15, 0.2) is 0 Å². The van der Waals surface area contributed by atoms with Crippen LogP contribution in [0.2, 0.25) is 0 Å². The SMILES string of the molecule is N#Cc1cccc(OCc2ncncc2C(=O)O)c1. The lowest BCUT2D eigenvalue weighted by molar-refractivity contribution is 0.0692. The molecule has 0 saturated heterocycles. The summed E-state index contributed by atoms with van der Waals surface area (Å²) in [6, 6.07) is 8.59. The predicted molar refractivity (Wildman–Crippen MR) is 64.5 cm³/mol. The largest absolute Gasteiger partial charge is 0.487 e. The third kappa shape index (κ3) is 3.04. The smallest absolute Gasteiger partial charge is 0.339 e. The molecule has 1 heterocycles. The first-order valence-electron chi connectivity index (χ1n) is 5.36. The molecule has 0 saturated carbocycles. The van der Waals surface area contributed by atoms with E-state index in [9.17, 15) is 4.79 Å². The van der Waals surface area contributed by atoms with Crippen LogP contribution in [-0.4, -0.2) is 21.0 Å². The van der Waals surface area contributed by atoms with E-state index in [2.05, 4.69) is 9.97 Å². The van der Waals surface area contributed by atoms with Crippen molar-refractivity contribution in [1.29, 1.82) is 5.26 Å². The monoisotopic (exact) mass is 255 g/mol. The average Bonchev–Trinajstić information content (AvgIpc) is 2.45. The van der Waals surface area contributed by atoms with Gasteiger partial charge in [0.2, 0.25) is 0 Å². The molecule has 0 atom stereocenters. The summed E-state index contributed by atoms with van der Waals surface area (Å²) in [6.07, 6.45) is 2.48. The van der Waals surface area contributed by atoms with Crippen molar-refractivity contribution in [2.45, 2.75) is 6.61 Å². The standard InChI is InChI=1S/C13H9N3O3/c14-5-9-2-1-3-10(4-9)19-7-12-11(13(17)18)6-15-8-16-12/h1-4,6,8H,7H2,(H,17,18). The molecule has 19 heavy (non-hydrogen) atoms. The van der Waals surface area contributed by atoms with Gasteiger partial charge in [-0.25, -0.2) is 14.8 Å². The lowest BCUT2D eigenvalue weighted by Crippen LogP contribution is -2.08. The molecule has 0 spiro atoms. The van der Waals surface area contributed by atoms with E-state index in [0.717, 1.165) is 0 Å². The number of aromatic carboxylic acids is 1. The maximum atomic E-state index is 11.0. The van der Waals surface area contributed by atoms with Crippen LogP contribution in [0.25, 0.3) is 0 Å². The second-order valence-corrected chi connectivity index (χ2v) is 3.62. The average molecular weight is 255 g/mol. The van der Waals surface area contributed by atoms with E-state index in [1.54, 1.807) is 24.3 Å². The molecule has 6 heteroatoms. The molecule has 1 aromatic heterocycles. The molecular weight excluding hydrogens is 246 g/mol. The number of aromatic nitrogens is 2. The summed E-state index contributed by atoms with van der Waals surface area (Å²) in [5.41, 5.74) is 0.752. The molecule has 0 unspecified atom stereocenters. The van der Waals surface area contributed by atoms with E-state index < -0.39 is 5.97 Å². The summed E-state index contributed by atoms with van der Waals surface area (Å²) >= 11 is 0. The summed E-state index contributed by atoms with van der Waals surface area (Å²) in [5, 5.41) is 17.7. The highest BCUT2D eigenvalue weighted by molar-refractivity contribution is 5.88. The normalized spacial score (nSPS) is 9.63. The van der Waals surface area contributed by atoms with Crippen molar-refractivity contribution in [2.24, 2.45) is 0 Å². The van der Waals surface area contributed by atoms with Crippen LogP contribution in [0.3, 0.4) is 0 Å². The molecule has 1 aromatic carbocycles. The van der Waals surface area contributed by atoms with Crippen LogP contribution in [0.4, 0.5) is 0 Å². The molecule has 6 nitrogen and oxygen atoms in total. The molecular formula is C13H9N3O3. The Labute approximate surface area is 108 Å². The van der Waals surface area contributed by atoms with Gasteiger partial charge in [0.05, 0.1) is 17.3 Å². The quantitative estimate of drug-likeness (QED) is 0.891. The second kappa shape index (κ2) is 5.60. The minimum atomic E-state index is -1.11. The van der Waals surface area contributed by atoms with Gasteiger partial charge in [0, 0.05) is 6.20 Å². The fourth-order valence-electron chi connectivity index (χ4n) is 1.46. The molecule has 0 aliphatic carbocycles. The highest BCUT2D eigenvalue weighted by Crippen LogP contribution is 2.15. The number of hydrogen-bond donors (Lipinski definition) is 1. The highest BCUT2D eigenvalue weighted by atomic mass is 16.5. The van der Waals surface area contributed by atoms with Crippen molar-refractivity contribution in [3.63, 3.8) is 0 Å². The Hall–Kier alpha value is -2.94. The second-order valence-electron chi connectivity index (χ2n) is 3.62. The lowest BCUT2D eigenvalue weighted by atomic mass is 10.2. The van der Waals surface area contributed by atoms with Crippen LogP contribution in [0.5, 0.6) is 5.75 Å². The van der Waals surface area contributed by atoms with Crippen molar-refractivity contribution < 1.29 is 14.6 Å². The van der Waals surface area contributed by atoms with Gasteiger partial charge in [-0.1, -0.05) is 6.07 Å². The first-order chi connectivity index (χ1) is 9.20. The minimum absolute atomic E-state index is 0.000957. The van der Waals surface area contributed by atoms with E-state index in [1.807, 2.05) is 6.07 Å². The minimum Gasteiger partial charge on any atom is -0.487 e. The summed E-state index contributed by atoms with van der Waals surface area (Å²) < 4.78 is 5.42. The van der Waals surface area contributed by atoms with Crippen molar-refractivity contribution in [2.75, 3.05) is 0 Å². The predicted octanol–water partition coefficient (Wildman–Crippen LogP) is 1.63. The van der Waals surface area contributed by atoms with Crippen LogP contribution in [0, 0.1) is 11.3 Å². The lowest BCUT2D eigenvalue weighted by Gasteiger charge is -2.07. The van der Waals surface area contributed by atoms with E-state index >= 15 is 0 Å². The zero-order chi connectivity index (χ0) is 13.7. The Balaban J connectivity index is 2.15. The Kier molecular flexibility index (Phi) is 3.69. The number of benzene rings is 1. The van der Waals surface area contributed by atoms with Crippen molar-refractivity contribution >= 4 is 5.97 Å². The van der Waals surface area contributed by atoms with E-state index in [1.165, 1.54) is 12.5 Å². The number of nitriles is 1. The summed E-state index contributed by atoms with van der Waals surface area (Å²) in [4.78, 5) is 18.5. The van der Waals surface area contributed by atoms with Crippen LogP contribution in [0.1, 0.15) is 21.6 Å². The van der Waals surface area contributed by atoms with Gasteiger partial charge in [-0.15, -0.1) is 0 Å². The summed E-state index contributed by atoms with van der Waals surface area (Å²) in [7, 11) is 0. The van der Waals surface area contributed by atoms with Gasteiger partial charge < -0.3 is 9.84 Å². The highest BCUT2D eigenvalue weighted by Gasteiger charge is 2.11. The molecule has 0 aliphatic heterocycles. The Morgan fingerprint density at radius 3 is 3.05 bits per heavy atom. The first-order valence-corrected chi connectivity index (χ1v) is 5.36. The number of carboxylic acid groups (broad SMARTS) is 1. The number of carbonyl (C=O) groups is 1. The number of nitrogens with zero attached hydrogens (tertiary/aromatic N) is 3. The Bertz CT molecular complexity index is 650. The molecule has 0 fully saturated rings. The number of carboxylic acids is 1. The third-order valence-electron chi connectivity index (χ3n) is 2.36. The number of rotatable bonds is 4. The van der Waals surface area contributed by atoms with E-state index in [0.29, 0.717) is 11.3 Å². The summed E-state index contributed by atoms with van der Waals surface area (Å²) in [5.74, 6) is -0.626. The van der Waals surface area contributed by atoms with Gasteiger partial charge >= 0.3 is 5.97 Å². The zero-order valence-corrected chi connectivity index (χ0v) is 9.78. The topological polar surface area (TPSA) is 96.1 Å². The van der Waals surface area contributed by atoms with Gasteiger partial charge in [-0.3, -0.25) is 0 Å². The summed E-state index contributed by atoms with van der Waals surface area (Å²) in [6.45, 7) is -0.000957. The first kappa shape index (κ1) is 12.5. The molecule has 2 aromatic rings. The van der Waals surface area contributed by atoms with Crippen molar-refractivity contribution in [3.8, 4) is 11.8 Å². The molecule has 0 bridgehead atoms. The van der Waals surface area contributed by atoms with Crippen molar-refractivity contribution in [1.82, 2.24) is 9.97 Å². The van der Waals surface area contributed by atoms with Gasteiger partial charge in [-0.2, -0.15) is 5.26 Å². The van der Waals surface area contributed by atoms with E-state index in [4.69, 9.17) is 15.1 Å². The molecule has 0 radical (unpaired) electrons. The number of hydrogen-bond acceptors (Lipinski definition) is 5. The third-order valence-corrected chi connectivity index (χ3v) is 2.36. The van der Waals surface area contributed by atoms with Crippen LogP contribution in [-0.2, 0) is 6.61 Å². The zero-order valence-electron chi connectivity index (χ0n) is 9.78. The maximum Gasteiger partial charge on any atom is 0.339 e. The van der Waals surface area contributed by atoms with Crippen LogP contribution in [0.15, 0.2) is 36.8 Å². The molecule has 94 valence electrons. The van der Waals surface area contributed by atoms with Crippen molar-refractivity contribution in [3.05, 3.63) is 53.6 Å². The molecule has 0 amide bonds. The maximum absolute atomic E-state index is 11.0. The Morgan fingerprint density at radius 2 is 2.32 bits per heavy atom. The fraction of sp³-hybridized carbons (Fsp3) is 0.0769. The Morgan fingerprint density at radius 1 is 1.47 bits per heavy atom. The van der Waals surface area contributed by atoms with Gasteiger partial charge in [-0.05, 0) is 18.2 Å². The molecule has 0 aliphatic rings. The van der Waals surface area contributed by atoms with Crippen LogP contribution < -0.4 is 4.74 Å². The fourth-order valence-corrected chi connectivity index (χ4v) is 1.46. The molecule has 2 rings (SSSR count). The number of ether oxygens (including phenoxy) is 1. The van der Waals surface area contributed by atoms with E-state index in [-0.39, 0.29) is 17.9 Å². The van der Waals surface area contributed by atoms with Crippen LogP contribution >= 0.6 is 0 Å². The molecule has 1 N–H and O–H groups in total. The van der Waals surface area contributed by atoms with Gasteiger partial charge in [0.25, 0.3) is 0 Å².